The van der Waals surface area contributed by atoms with Crippen LogP contribution in [0.1, 0.15) is 39.9 Å². The fourth-order valence-electron chi connectivity index (χ4n) is 5.30. The third-order valence-electron chi connectivity index (χ3n) is 7.35. The molecule has 1 atom stereocenters. The molecule has 2 aromatic rings. The molecule has 2 amide bonds. The van der Waals surface area contributed by atoms with Crippen molar-refractivity contribution >= 4 is 17.5 Å². The number of carbonyl (C=O) groups is 2. The van der Waals surface area contributed by atoms with Crippen LogP contribution < -0.4 is 10.2 Å². The van der Waals surface area contributed by atoms with Gasteiger partial charge in [-0.2, -0.15) is 18.4 Å². The SMILES string of the molecule is CNC(=O)C1CN(c2ccc(C#N)c(C(F)(F)F)c2)CC12CCN(C(=O)c1ccc(C)cc1)CC2. The Balaban J connectivity index is 1.57. The van der Waals surface area contributed by atoms with E-state index < -0.39 is 28.6 Å². The van der Waals surface area contributed by atoms with Crippen LogP contribution in [0.15, 0.2) is 42.5 Å². The number of hydrogen-bond donors (Lipinski definition) is 1. The molecule has 2 fully saturated rings. The van der Waals surface area contributed by atoms with Crippen molar-refractivity contribution in [2.75, 3.05) is 38.1 Å². The lowest BCUT2D eigenvalue weighted by atomic mass is 9.70. The molecular formula is C26H27F3N4O2. The van der Waals surface area contributed by atoms with Crippen molar-refractivity contribution in [3.05, 3.63) is 64.7 Å². The van der Waals surface area contributed by atoms with Gasteiger partial charge in [0.25, 0.3) is 5.91 Å². The summed E-state index contributed by atoms with van der Waals surface area (Å²) in [5.74, 6) is -0.641. The number of halogens is 3. The molecule has 2 saturated heterocycles. The van der Waals surface area contributed by atoms with Gasteiger partial charge < -0.3 is 15.1 Å². The van der Waals surface area contributed by atoms with Crippen LogP contribution in [0, 0.1) is 29.6 Å². The van der Waals surface area contributed by atoms with Gasteiger partial charge in [0.1, 0.15) is 0 Å². The van der Waals surface area contributed by atoms with Gasteiger partial charge in [0.15, 0.2) is 0 Å². The maximum atomic E-state index is 13.5. The summed E-state index contributed by atoms with van der Waals surface area (Å²) in [5.41, 5.74) is 0.139. The number of nitrogens with one attached hydrogen (secondary N) is 1. The molecule has 0 bridgehead atoms. The van der Waals surface area contributed by atoms with E-state index in [1.165, 1.54) is 12.1 Å². The van der Waals surface area contributed by atoms with Gasteiger partial charge in [-0.15, -0.1) is 0 Å². The molecule has 2 heterocycles. The number of piperidine rings is 1. The number of nitriles is 1. The fraction of sp³-hybridized carbons (Fsp3) is 0.423. The summed E-state index contributed by atoms with van der Waals surface area (Å²) in [6, 6.07) is 12.7. The zero-order valence-electron chi connectivity index (χ0n) is 19.7. The van der Waals surface area contributed by atoms with Crippen molar-refractivity contribution in [2.24, 2.45) is 11.3 Å². The quantitative estimate of drug-likeness (QED) is 0.715. The lowest BCUT2D eigenvalue weighted by Gasteiger charge is -2.42. The molecule has 0 saturated carbocycles. The number of benzene rings is 2. The molecule has 0 aromatic heterocycles. The van der Waals surface area contributed by atoms with E-state index in [0.29, 0.717) is 43.7 Å². The Bertz CT molecular complexity index is 1160. The van der Waals surface area contributed by atoms with Gasteiger partial charge in [0.05, 0.1) is 23.1 Å². The highest BCUT2D eigenvalue weighted by atomic mass is 19.4. The van der Waals surface area contributed by atoms with Crippen molar-refractivity contribution in [1.29, 1.82) is 5.26 Å². The van der Waals surface area contributed by atoms with E-state index >= 15 is 0 Å². The molecule has 35 heavy (non-hydrogen) atoms. The Kier molecular flexibility index (Phi) is 6.50. The van der Waals surface area contributed by atoms with Crippen LogP contribution in [0.4, 0.5) is 18.9 Å². The highest BCUT2D eigenvalue weighted by Crippen LogP contribution is 2.47. The Morgan fingerprint density at radius 2 is 1.77 bits per heavy atom. The summed E-state index contributed by atoms with van der Waals surface area (Å²) < 4.78 is 40.6. The number of nitrogens with zero attached hydrogens (tertiary/aromatic N) is 3. The lowest BCUT2D eigenvalue weighted by Crippen LogP contribution is -2.49. The average Bonchev–Trinajstić information content (AvgIpc) is 3.21. The van der Waals surface area contributed by atoms with Gasteiger partial charge >= 0.3 is 6.18 Å². The van der Waals surface area contributed by atoms with Gasteiger partial charge in [-0.3, -0.25) is 9.59 Å². The Labute approximate surface area is 202 Å². The Morgan fingerprint density at radius 3 is 2.34 bits per heavy atom. The van der Waals surface area contributed by atoms with Crippen molar-refractivity contribution in [3.8, 4) is 6.07 Å². The van der Waals surface area contributed by atoms with Gasteiger partial charge in [0.2, 0.25) is 5.91 Å². The lowest BCUT2D eigenvalue weighted by molar-refractivity contribution is -0.137. The number of rotatable bonds is 3. The van der Waals surface area contributed by atoms with Gasteiger partial charge in [-0.1, -0.05) is 17.7 Å². The number of carbonyl (C=O) groups excluding carboxylic acids is 2. The maximum absolute atomic E-state index is 13.5. The van der Waals surface area contributed by atoms with Crippen LogP contribution in [-0.4, -0.2) is 49.9 Å². The molecular weight excluding hydrogens is 457 g/mol. The molecule has 2 aliphatic heterocycles. The summed E-state index contributed by atoms with van der Waals surface area (Å²) in [6.07, 6.45) is -3.51. The highest BCUT2D eigenvalue weighted by Gasteiger charge is 2.51. The van der Waals surface area contributed by atoms with Crippen molar-refractivity contribution in [1.82, 2.24) is 10.2 Å². The van der Waals surface area contributed by atoms with E-state index in [1.807, 2.05) is 19.1 Å². The van der Waals surface area contributed by atoms with Crippen LogP contribution in [0.25, 0.3) is 0 Å². The second kappa shape index (κ2) is 9.25. The molecule has 1 N–H and O–H groups in total. The number of likely N-dealkylation sites (tertiary alicyclic amines) is 1. The molecule has 1 spiro atoms. The summed E-state index contributed by atoms with van der Waals surface area (Å²) in [6.45, 7) is 3.56. The van der Waals surface area contributed by atoms with E-state index in [-0.39, 0.29) is 18.4 Å². The minimum atomic E-state index is -4.65. The van der Waals surface area contributed by atoms with Crippen LogP contribution in [0.3, 0.4) is 0 Å². The summed E-state index contributed by atoms with van der Waals surface area (Å²) in [7, 11) is 1.55. The van der Waals surface area contributed by atoms with Gasteiger partial charge in [0, 0.05) is 49.9 Å². The van der Waals surface area contributed by atoms with Crippen LogP contribution >= 0.6 is 0 Å². The van der Waals surface area contributed by atoms with E-state index in [4.69, 9.17) is 5.26 Å². The van der Waals surface area contributed by atoms with Crippen molar-refractivity contribution in [2.45, 2.75) is 25.9 Å². The molecule has 1 unspecified atom stereocenters. The van der Waals surface area contributed by atoms with Crippen molar-refractivity contribution < 1.29 is 22.8 Å². The summed E-state index contributed by atoms with van der Waals surface area (Å²) in [5, 5.41) is 11.8. The van der Waals surface area contributed by atoms with E-state index in [0.717, 1.165) is 11.6 Å². The molecule has 0 radical (unpaired) electrons. The molecule has 0 aliphatic carbocycles. The fourth-order valence-corrected chi connectivity index (χ4v) is 5.30. The summed E-state index contributed by atoms with van der Waals surface area (Å²) in [4.78, 5) is 29.4. The standard InChI is InChI=1S/C26H27F3N4O2/c1-17-3-5-18(6-4-17)24(35)32-11-9-25(10-12-32)16-33(15-22(25)23(34)31-2)20-8-7-19(14-30)21(13-20)26(27,28)29/h3-8,13,22H,9-12,15-16H2,1-2H3,(H,31,34). The smallest absolute Gasteiger partial charge is 0.370 e. The Hall–Kier alpha value is -3.54. The first-order chi connectivity index (χ1) is 16.6. The van der Waals surface area contributed by atoms with Gasteiger partial charge in [-0.05, 0) is 50.1 Å². The average molecular weight is 485 g/mol. The zero-order chi connectivity index (χ0) is 25.4. The number of amides is 2. The molecule has 9 heteroatoms. The number of aryl methyl sites for hydroxylation is 1. The molecule has 4 rings (SSSR count). The normalized spacial score (nSPS) is 19.5. The highest BCUT2D eigenvalue weighted by molar-refractivity contribution is 5.94. The summed E-state index contributed by atoms with van der Waals surface area (Å²) >= 11 is 0. The van der Waals surface area contributed by atoms with Gasteiger partial charge in [-0.25, -0.2) is 0 Å². The first-order valence-electron chi connectivity index (χ1n) is 11.5. The largest absolute Gasteiger partial charge is 0.417 e. The third-order valence-corrected chi connectivity index (χ3v) is 7.35. The zero-order valence-corrected chi connectivity index (χ0v) is 19.7. The molecule has 184 valence electrons. The second-order valence-corrected chi connectivity index (χ2v) is 9.41. The Morgan fingerprint density at radius 1 is 1.11 bits per heavy atom. The van der Waals surface area contributed by atoms with Crippen LogP contribution in [0.5, 0.6) is 0 Å². The topological polar surface area (TPSA) is 76.4 Å². The number of anilines is 1. The first kappa shape index (κ1) is 24.6. The second-order valence-electron chi connectivity index (χ2n) is 9.41. The third kappa shape index (κ3) is 4.70. The first-order valence-corrected chi connectivity index (χ1v) is 11.5. The van der Waals surface area contributed by atoms with E-state index in [9.17, 15) is 22.8 Å². The monoisotopic (exact) mass is 484 g/mol. The van der Waals surface area contributed by atoms with Crippen molar-refractivity contribution in [3.63, 3.8) is 0 Å². The predicted molar refractivity (Wildman–Crippen MR) is 125 cm³/mol. The molecule has 6 nitrogen and oxygen atoms in total. The van der Waals surface area contributed by atoms with Crippen LogP contribution in [0.2, 0.25) is 0 Å². The molecule has 2 aromatic carbocycles. The number of alkyl halides is 3. The van der Waals surface area contributed by atoms with E-state index in [2.05, 4.69) is 5.32 Å². The van der Waals surface area contributed by atoms with E-state index in [1.54, 1.807) is 35.0 Å². The molecule has 2 aliphatic rings. The predicted octanol–water partition coefficient (Wildman–Crippen LogP) is 3.99. The maximum Gasteiger partial charge on any atom is 0.417 e. The minimum Gasteiger partial charge on any atom is -0.370 e. The van der Waals surface area contributed by atoms with Crippen LogP contribution in [-0.2, 0) is 11.0 Å². The number of hydrogen-bond acceptors (Lipinski definition) is 4. The minimum absolute atomic E-state index is 0.0619.